The third-order valence-electron chi connectivity index (χ3n) is 4.86. The Morgan fingerprint density at radius 1 is 1.29 bits per heavy atom. The molecule has 0 bridgehead atoms. The van der Waals surface area contributed by atoms with Gasteiger partial charge in [0.15, 0.2) is 9.84 Å². The van der Waals surface area contributed by atoms with Crippen LogP contribution in [0.1, 0.15) is 29.4 Å². The molecule has 7 nitrogen and oxygen atoms in total. The highest BCUT2D eigenvalue weighted by Gasteiger charge is 2.32. The molecule has 0 saturated carbocycles. The molecule has 1 aromatic heterocycles. The number of nitrogens with zero attached hydrogens (tertiary/aromatic N) is 3. The van der Waals surface area contributed by atoms with Gasteiger partial charge >= 0.3 is 0 Å². The van der Waals surface area contributed by atoms with Crippen LogP contribution < -0.4 is 5.32 Å². The molecule has 4 rings (SSSR count). The number of carbonyl (C=O) groups is 1. The van der Waals surface area contributed by atoms with Crippen LogP contribution in [0.4, 0.5) is 10.5 Å². The maximum absolute atomic E-state index is 11.9. The summed E-state index contributed by atoms with van der Waals surface area (Å²) < 4.78 is 25.5. The molecule has 0 spiro atoms. The number of aliphatic imine (C=N–C) groups is 1. The SMILES string of the molecule is Cc1nn(C2CCS(=O)(=O)C2)c(C)c1C=C1SC(=O)NC1=Nc1ccccc1. The van der Waals surface area contributed by atoms with E-state index in [2.05, 4.69) is 15.4 Å². The number of benzene rings is 1. The standard InChI is InChI=1S/C19H20N4O3S2/c1-12-16(13(2)23(22-12)15-8-9-28(25,26)11-15)10-17-18(21-19(24)27-17)20-14-6-4-3-5-7-14/h3-7,10,15H,8-9,11H2,1-2H3,(H,20,21,24). The van der Waals surface area contributed by atoms with Crippen molar-refractivity contribution in [1.82, 2.24) is 15.1 Å². The van der Waals surface area contributed by atoms with E-state index in [-0.39, 0.29) is 22.8 Å². The van der Waals surface area contributed by atoms with E-state index in [4.69, 9.17) is 0 Å². The lowest BCUT2D eigenvalue weighted by Gasteiger charge is -2.11. The number of amidine groups is 1. The minimum atomic E-state index is -2.99. The molecule has 2 aliphatic rings. The van der Waals surface area contributed by atoms with Gasteiger partial charge in [0.2, 0.25) is 0 Å². The third kappa shape index (κ3) is 3.77. The first kappa shape index (κ1) is 18.9. The highest BCUT2D eigenvalue weighted by molar-refractivity contribution is 8.18. The number of aryl methyl sites for hydroxylation is 1. The quantitative estimate of drug-likeness (QED) is 0.828. The Labute approximate surface area is 167 Å². The van der Waals surface area contributed by atoms with Crippen molar-refractivity contribution in [2.75, 3.05) is 11.5 Å². The number of rotatable bonds is 3. The maximum Gasteiger partial charge on any atom is 0.289 e. The number of nitrogens with one attached hydrogen (secondary N) is 1. The van der Waals surface area contributed by atoms with Crippen LogP contribution in [0.15, 0.2) is 40.2 Å². The minimum absolute atomic E-state index is 0.125. The van der Waals surface area contributed by atoms with E-state index in [9.17, 15) is 13.2 Å². The molecule has 3 heterocycles. The second kappa shape index (κ2) is 7.21. The number of amides is 1. The van der Waals surface area contributed by atoms with E-state index < -0.39 is 9.84 Å². The second-order valence-electron chi connectivity index (χ2n) is 6.90. The van der Waals surface area contributed by atoms with Crippen LogP contribution in [0.5, 0.6) is 0 Å². The van der Waals surface area contributed by atoms with Crippen LogP contribution in [0, 0.1) is 13.8 Å². The lowest BCUT2D eigenvalue weighted by atomic mass is 10.1. The summed E-state index contributed by atoms with van der Waals surface area (Å²) in [6.45, 7) is 3.82. The average Bonchev–Trinajstić information content (AvgIpc) is 3.27. The van der Waals surface area contributed by atoms with Crippen molar-refractivity contribution in [1.29, 1.82) is 0 Å². The molecule has 2 saturated heterocycles. The van der Waals surface area contributed by atoms with Gasteiger partial charge in [-0.3, -0.25) is 9.48 Å². The van der Waals surface area contributed by atoms with E-state index >= 15 is 0 Å². The van der Waals surface area contributed by atoms with Crippen molar-refractivity contribution in [3.8, 4) is 0 Å². The molecule has 1 atom stereocenters. The van der Waals surface area contributed by atoms with E-state index in [1.165, 1.54) is 0 Å². The van der Waals surface area contributed by atoms with E-state index in [1.54, 1.807) is 0 Å². The Morgan fingerprint density at radius 3 is 2.71 bits per heavy atom. The Hall–Kier alpha value is -2.39. The Morgan fingerprint density at radius 2 is 2.04 bits per heavy atom. The molecule has 2 aliphatic heterocycles. The molecule has 0 radical (unpaired) electrons. The van der Waals surface area contributed by atoms with Crippen molar-refractivity contribution in [3.05, 3.63) is 52.2 Å². The fraction of sp³-hybridized carbons (Fsp3) is 0.316. The molecular weight excluding hydrogens is 396 g/mol. The maximum atomic E-state index is 11.9. The molecule has 1 N–H and O–H groups in total. The number of aromatic nitrogens is 2. The molecule has 2 fully saturated rings. The van der Waals surface area contributed by atoms with Crippen molar-refractivity contribution in [3.63, 3.8) is 0 Å². The smallest absolute Gasteiger partial charge is 0.289 e. The number of sulfone groups is 1. The van der Waals surface area contributed by atoms with Crippen molar-refractivity contribution >= 4 is 44.4 Å². The lowest BCUT2D eigenvalue weighted by Crippen LogP contribution is -2.18. The van der Waals surface area contributed by atoms with Gasteiger partial charge in [-0.1, -0.05) is 18.2 Å². The van der Waals surface area contributed by atoms with Gasteiger partial charge in [-0.05, 0) is 50.2 Å². The number of hydrogen-bond donors (Lipinski definition) is 1. The predicted octanol–water partition coefficient (Wildman–Crippen LogP) is 3.39. The zero-order chi connectivity index (χ0) is 19.9. The largest absolute Gasteiger partial charge is 0.300 e. The minimum Gasteiger partial charge on any atom is -0.300 e. The normalized spacial score (nSPS) is 24.2. The van der Waals surface area contributed by atoms with Gasteiger partial charge in [-0.2, -0.15) is 5.10 Å². The summed E-state index contributed by atoms with van der Waals surface area (Å²) >= 11 is 1.09. The summed E-state index contributed by atoms with van der Waals surface area (Å²) in [6, 6.07) is 9.29. The zero-order valence-corrected chi connectivity index (χ0v) is 17.2. The monoisotopic (exact) mass is 416 g/mol. The summed E-state index contributed by atoms with van der Waals surface area (Å²) in [4.78, 5) is 17.2. The van der Waals surface area contributed by atoms with Gasteiger partial charge in [-0.15, -0.1) is 0 Å². The third-order valence-corrected chi connectivity index (χ3v) is 7.43. The van der Waals surface area contributed by atoms with Gasteiger partial charge < -0.3 is 5.32 Å². The molecule has 0 aliphatic carbocycles. The Bertz CT molecular complexity index is 1100. The molecular formula is C19H20N4O3S2. The Kier molecular flexibility index (Phi) is 4.88. The van der Waals surface area contributed by atoms with Crippen molar-refractivity contribution in [2.45, 2.75) is 26.3 Å². The van der Waals surface area contributed by atoms with Gasteiger partial charge in [0.1, 0.15) is 5.84 Å². The number of para-hydroxylation sites is 1. The van der Waals surface area contributed by atoms with Crippen LogP contribution in [0.25, 0.3) is 6.08 Å². The van der Waals surface area contributed by atoms with Crippen LogP contribution in [-0.2, 0) is 9.84 Å². The molecule has 146 valence electrons. The molecule has 28 heavy (non-hydrogen) atoms. The molecule has 1 aromatic carbocycles. The fourth-order valence-corrected chi connectivity index (χ4v) is 5.89. The van der Waals surface area contributed by atoms with Crippen LogP contribution in [0.3, 0.4) is 0 Å². The molecule has 1 amide bonds. The average molecular weight is 417 g/mol. The summed E-state index contributed by atoms with van der Waals surface area (Å²) in [7, 11) is -2.99. The summed E-state index contributed by atoms with van der Waals surface area (Å²) in [5.41, 5.74) is 3.34. The highest BCUT2D eigenvalue weighted by Crippen LogP contribution is 2.32. The van der Waals surface area contributed by atoms with Gasteiger partial charge in [0, 0.05) is 11.3 Å². The van der Waals surface area contributed by atoms with Gasteiger partial charge in [-0.25, -0.2) is 13.4 Å². The van der Waals surface area contributed by atoms with E-state index in [0.717, 1.165) is 39.3 Å². The number of hydrogen-bond acceptors (Lipinski definition) is 6. The highest BCUT2D eigenvalue weighted by atomic mass is 32.2. The van der Waals surface area contributed by atoms with Gasteiger partial charge in [0.05, 0.1) is 33.8 Å². The molecule has 1 unspecified atom stereocenters. The summed E-state index contributed by atoms with van der Waals surface area (Å²) in [5, 5.41) is 7.19. The topological polar surface area (TPSA) is 93.4 Å². The van der Waals surface area contributed by atoms with Gasteiger partial charge in [0.25, 0.3) is 5.24 Å². The lowest BCUT2D eigenvalue weighted by molar-refractivity contribution is 0.265. The number of thioether (sulfide) groups is 1. The first-order valence-electron chi connectivity index (χ1n) is 8.93. The second-order valence-corrected chi connectivity index (χ2v) is 10.1. The van der Waals surface area contributed by atoms with Crippen LogP contribution >= 0.6 is 11.8 Å². The van der Waals surface area contributed by atoms with E-state index in [0.29, 0.717) is 12.3 Å². The first-order chi connectivity index (χ1) is 13.3. The van der Waals surface area contributed by atoms with Crippen molar-refractivity contribution < 1.29 is 13.2 Å². The van der Waals surface area contributed by atoms with E-state index in [1.807, 2.05) is 54.9 Å². The molecule has 9 heteroatoms. The Balaban J connectivity index is 1.70. The fourth-order valence-electron chi connectivity index (χ4n) is 3.48. The molecule has 2 aromatic rings. The van der Waals surface area contributed by atoms with Crippen LogP contribution in [-0.4, -0.2) is 40.8 Å². The summed E-state index contributed by atoms with van der Waals surface area (Å²) in [5.74, 6) is 0.839. The summed E-state index contributed by atoms with van der Waals surface area (Å²) in [6.07, 6.45) is 2.48. The van der Waals surface area contributed by atoms with Crippen LogP contribution in [0.2, 0.25) is 0 Å². The first-order valence-corrected chi connectivity index (χ1v) is 11.6. The van der Waals surface area contributed by atoms with Crippen molar-refractivity contribution in [2.24, 2.45) is 4.99 Å². The zero-order valence-electron chi connectivity index (χ0n) is 15.5. The number of carbonyl (C=O) groups excluding carboxylic acids is 1. The predicted molar refractivity (Wildman–Crippen MR) is 112 cm³/mol.